The quantitative estimate of drug-likeness (QED) is 0.470. The van der Waals surface area contributed by atoms with Gasteiger partial charge in [-0.05, 0) is 42.5 Å². The summed E-state index contributed by atoms with van der Waals surface area (Å²) >= 11 is 11.5. The third kappa shape index (κ3) is 7.07. The molecule has 0 aliphatic rings. The lowest BCUT2D eigenvalue weighted by Crippen LogP contribution is -2.18. The number of Topliss-reactive ketones (excluding diaryl/α,β-unsaturated/α-hetero) is 1. The summed E-state index contributed by atoms with van der Waals surface area (Å²) in [6.45, 7) is -0.512. The van der Waals surface area contributed by atoms with E-state index in [4.69, 9.17) is 27.9 Å². The predicted molar refractivity (Wildman–Crippen MR) is 101 cm³/mol. The first-order valence-electron chi connectivity index (χ1n) is 8.17. The molecule has 0 atom stereocenters. The molecular formula is C19H14Cl2F3NO4. The summed E-state index contributed by atoms with van der Waals surface area (Å²) in [5.74, 6) is -1.99. The third-order valence-electron chi connectivity index (χ3n) is 3.65. The van der Waals surface area contributed by atoms with Gasteiger partial charge in [-0.25, -0.2) is 0 Å². The fourth-order valence-corrected chi connectivity index (χ4v) is 2.45. The molecule has 29 heavy (non-hydrogen) atoms. The van der Waals surface area contributed by atoms with Gasteiger partial charge in [0.25, 0.3) is 0 Å². The molecule has 0 saturated carbocycles. The Balaban J connectivity index is 1.82. The van der Waals surface area contributed by atoms with Gasteiger partial charge in [-0.1, -0.05) is 23.2 Å². The number of halogens is 5. The lowest BCUT2D eigenvalue weighted by atomic mass is 10.1. The minimum absolute atomic E-state index is 0.0810. The van der Waals surface area contributed by atoms with E-state index in [-0.39, 0.29) is 23.6 Å². The fraction of sp³-hybridized carbons (Fsp3) is 0.211. The Hall–Kier alpha value is -2.58. The normalized spacial score (nSPS) is 11.1. The highest BCUT2D eigenvalue weighted by Gasteiger charge is 2.31. The van der Waals surface area contributed by atoms with Crippen molar-refractivity contribution in [3.05, 3.63) is 63.6 Å². The van der Waals surface area contributed by atoms with Gasteiger partial charge in [-0.15, -0.1) is 0 Å². The lowest BCUT2D eigenvalue weighted by Gasteiger charge is -2.11. The van der Waals surface area contributed by atoms with Gasteiger partial charge in [0.2, 0.25) is 5.91 Å². The number of ketones is 1. The maximum atomic E-state index is 12.7. The van der Waals surface area contributed by atoms with Gasteiger partial charge < -0.3 is 10.1 Å². The number of esters is 1. The average molecular weight is 448 g/mol. The highest BCUT2D eigenvalue weighted by Crippen LogP contribution is 2.33. The minimum atomic E-state index is -4.59. The van der Waals surface area contributed by atoms with Gasteiger partial charge in [-0.2, -0.15) is 13.2 Å². The molecule has 2 aromatic carbocycles. The molecule has 1 N–H and O–H groups in total. The molecule has 0 fully saturated rings. The monoisotopic (exact) mass is 447 g/mol. The number of benzene rings is 2. The standard InChI is InChI=1S/C19H14Cl2F3NO4/c20-13-4-1-11(2-5-13)16(26)10-29-18(28)8-7-17(27)25-15-9-12(19(22,23)24)3-6-14(15)21/h1-6,9H,7-8,10H2,(H,25,27). The first-order valence-corrected chi connectivity index (χ1v) is 8.93. The van der Waals surface area contributed by atoms with Gasteiger partial charge in [-0.3, -0.25) is 14.4 Å². The van der Waals surface area contributed by atoms with Crippen LogP contribution in [0.2, 0.25) is 10.0 Å². The molecule has 0 bridgehead atoms. The van der Waals surface area contributed by atoms with E-state index in [9.17, 15) is 27.6 Å². The van der Waals surface area contributed by atoms with E-state index in [0.29, 0.717) is 16.7 Å². The summed E-state index contributed by atoms with van der Waals surface area (Å²) in [6, 6.07) is 8.47. The van der Waals surface area contributed by atoms with Crippen molar-refractivity contribution in [3.8, 4) is 0 Å². The number of hydrogen-bond donors (Lipinski definition) is 1. The van der Waals surface area contributed by atoms with Crippen molar-refractivity contribution in [2.45, 2.75) is 19.0 Å². The summed E-state index contributed by atoms with van der Waals surface area (Å²) in [4.78, 5) is 35.5. The van der Waals surface area contributed by atoms with E-state index in [2.05, 4.69) is 5.32 Å². The van der Waals surface area contributed by atoms with Crippen LogP contribution in [0.4, 0.5) is 18.9 Å². The zero-order valence-corrected chi connectivity index (χ0v) is 16.2. The van der Waals surface area contributed by atoms with Crippen molar-refractivity contribution in [3.63, 3.8) is 0 Å². The second-order valence-corrected chi connectivity index (χ2v) is 6.67. The number of rotatable bonds is 7. The Kier molecular flexibility index (Phi) is 7.64. The molecule has 0 radical (unpaired) electrons. The molecular weight excluding hydrogens is 434 g/mol. The molecule has 0 heterocycles. The molecule has 0 aliphatic carbocycles. The maximum absolute atomic E-state index is 12.7. The first kappa shape index (κ1) is 22.7. The Labute approximate surface area is 173 Å². The van der Waals surface area contributed by atoms with Crippen LogP contribution in [0.1, 0.15) is 28.8 Å². The van der Waals surface area contributed by atoms with Crippen molar-refractivity contribution >= 4 is 46.5 Å². The van der Waals surface area contributed by atoms with E-state index in [1.165, 1.54) is 24.3 Å². The topological polar surface area (TPSA) is 72.5 Å². The molecule has 10 heteroatoms. The second-order valence-electron chi connectivity index (χ2n) is 5.83. The number of alkyl halides is 3. The molecule has 1 amide bonds. The van der Waals surface area contributed by atoms with Crippen LogP contribution in [-0.2, 0) is 20.5 Å². The molecule has 2 aromatic rings. The number of hydrogen-bond acceptors (Lipinski definition) is 4. The molecule has 2 rings (SSSR count). The number of amides is 1. The Morgan fingerprint density at radius 1 is 0.966 bits per heavy atom. The zero-order valence-electron chi connectivity index (χ0n) is 14.7. The SMILES string of the molecule is O=C(CCC(=O)OCC(=O)c1ccc(Cl)cc1)Nc1cc(C(F)(F)F)ccc1Cl. The summed E-state index contributed by atoms with van der Waals surface area (Å²) in [5.41, 5.74) is -0.894. The van der Waals surface area contributed by atoms with E-state index in [1.54, 1.807) is 0 Å². The number of nitrogens with one attached hydrogen (secondary N) is 1. The molecule has 0 spiro atoms. The summed E-state index contributed by atoms with van der Waals surface area (Å²) < 4.78 is 43.0. The largest absolute Gasteiger partial charge is 0.457 e. The Bertz CT molecular complexity index is 915. The van der Waals surface area contributed by atoms with Crippen LogP contribution in [0.25, 0.3) is 0 Å². The number of carbonyl (C=O) groups excluding carboxylic acids is 3. The van der Waals surface area contributed by atoms with Crippen molar-refractivity contribution < 1.29 is 32.3 Å². The van der Waals surface area contributed by atoms with Crippen molar-refractivity contribution in [1.29, 1.82) is 0 Å². The Morgan fingerprint density at radius 2 is 1.62 bits per heavy atom. The molecule has 154 valence electrons. The Morgan fingerprint density at radius 3 is 2.24 bits per heavy atom. The summed E-state index contributed by atoms with van der Waals surface area (Å²) in [5, 5.41) is 2.58. The van der Waals surface area contributed by atoms with Crippen LogP contribution < -0.4 is 5.32 Å². The average Bonchev–Trinajstić information content (AvgIpc) is 2.66. The van der Waals surface area contributed by atoms with Crippen LogP contribution >= 0.6 is 23.2 Å². The minimum Gasteiger partial charge on any atom is -0.457 e. The first-order chi connectivity index (χ1) is 13.6. The van der Waals surface area contributed by atoms with Crippen LogP contribution in [0.5, 0.6) is 0 Å². The molecule has 0 unspecified atom stereocenters. The zero-order chi connectivity index (χ0) is 21.6. The highest BCUT2D eigenvalue weighted by molar-refractivity contribution is 6.33. The third-order valence-corrected chi connectivity index (χ3v) is 4.24. The van der Waals surface area contributed by atoms with Crippen LogP contribution in [0.3, 0.4) is 0 Å². The molecule has 5 nitrogen and oxygen atoms in total. The van der Waals surface area contributed by atoms with E-state index < -0.39 is 36.0 Å². The second kappa shape index (κ2) is 9.76. The predicted octanol–water partition coefficient (Wildman–Crippen LogP) is 5.16. The van der Waals surface area contributed by atoms with E-state index in [0.717, 1.165) is 12.1 Å². The van der Waals surface area contributed by atoms with Gasteiger partial charge in [0.1, 0.15) is 0 Å². The maximum Gasteiger partial charge on any atom is 0.416 e. The molecule has 0 saturated heterocycles. The number of carbonyl (C=O) groups is 3. The van der Waals surface area contributed by atoms with Gasteiger partial charge in [0.05, 0.1) is 22.7 Å². The van der Waals surface area contributed by atoms with Crippen molar-refractivity contribution in [1.82, 2.24) is 0 Å². The lowest BCUT2D eigenvalue weighted by molar-refractivity contribution is -0.143. The van der Waals surface area contributed by atoms with Gasteiger partial charge in [0, 0.05) is 17.0 Å². The summed E-state index contributed by atoms with van der Waals surface area (Å²) in [6.07, 6.45) is -5.32. The fourth-order valence-electron chi connectivity index (χ4n) is 2.16. The smallest absolute Gasteiger partial charge is 0.416 e. The van der Waals surface area contributed by atoms with E-state index >= 15 is 0 Å². The van der Waals surface area contributed by atoms with Crippen LogP contribution in [-0.4, -0.2) is 24.3 Å². The number of anilines is 1. The summed E-state index contributed by atoms with van der Waals surface area (Å²) in [7, 11) is 0. The number of ether oxygens (including phenoxy) is 1. The van der Waals surface area contributed by atoms with Crippen LogP contribution in [0, 0.1) is 0 Å². The van der Waals surface area contributed by atoms with Crippen LogP contribution in [0.15, 0.2) is 42.5 Å². The van der Waals surface area contributed by atoms with Gasteiger partial charge in [0.15, 0.2) is 12.4 Å². The molecule has 0 aromatic heterocycles. The molecule has 0 aliphatic heterocycles. The highest BCUT2D eigenvalue weighted by atomic mass is 35.5. The van der Waals surface area contributed by atoms with Crippen molar-refractivity contribution in [2.24, 2.45) is 0 Å². The van der Waals surface area contributed by atoms with Gasteiger partial charge >= 0.3 is 12.1 Å². The van der Waals surface area contributed by atoms with E-state index in [1.807, 2.05) is 0 Å². The van der Waals surface area contributed by atoms with Crippen molar-refractivity contribution in [2.75, 3.05) is 11.9 Å².